The summed E-state index contributed by atoms with van der Waals surface area (Å²) >= 11 is 0. The molecule has 0 aromatic rings. The molecule has 0 fully saturated rings. The number of carboxylic acid groups (broad SMARTS) is 1. The number of hydrogen-bond donors (Lipinski definition) is 2. The molecule has 0 unspecified atom stereocenters. The van der Waals surface area contributed by atoms with Crippen molar-refractivity contribution in [2.75, 3.05) is 46.8 Å². The lowest BCUT2D eigenvalue weighted by Crippen LogP contribution is -2.35. The highest BCUT2D eigenvalue weighted by molar-refractivity contribution is 5.69. The van der Waals surface area contributed by atoms with Gasteiger partial charge in [0.1, 0.15) is 0 Å². The average Bonchev–Trinajstić information content (AvgIpc) is 2.02. The molecule has 0 aromatic heterocycles. The molecule has 5 nitrogen and oxygen atoms in total. The van der Waals surface area contributed by atoms with Gasteiger partial charge in [0.2, 0.25) is 0 Å². The van der Waals surface area contributed by atoms with E-state index in [1.165, 1.54) is 0 Å². The molecule has 0 rings (SSSR count). The van der Waals surface area contributed by atoms with Gasteiger partial charge in [-0.1, -0.05) is 0 Å². The molecule has 0 bridgehead atoms. The highest BCUT2D eigenvalue weighted by atomic mass is 16.4. The fraction of sp³-hybridized carbons (Fsp3) is 0.889. The molecule has 0 saturated carbocycles. The van der Waals surface area contributed by atoms with Crippen molar-refractivity contribution in [1.29, 1.82) is 0 Å². The minimum atomic E-state index is -0.789. The highest BCUT2D eigenvalue weighted by Crippen LogP contribution is 1.92. The summed E-state index contributed by atoms with van der Waals surface area (Å²) in [6, 6.07) is 0. The van der Waals surface area contributed by atoms with Crippen molar-refractivity contribution in [3.05, 3.63) is 0 Å². The molecular formula is C9H21N3O2. The van der Waals surface area contributed by atoms with Crippen LogP contribution in [0.3, 0.4) is 0 Å². The number of carboxylic acids is 1. The zero-order valence-corrected chi connectivity index (χ0v) is 9.07. The van der Waals surface area contributed by atoms with Crippen LogP contribution in [0.5, 0.6) is 0 Å². The van der Waals surface area contributed by atoms with Crippen molar-refractivity contribution in [3.63, 3.8) is 0 Å². The lowest BCUT2D eigenvalue weighted by molar-refractivity contribution is -0.138. The molecule has 0 aliphatic heterocycles. The van der Waals surface area contributed by atoms with Crippen LogP contribution in [0.4, 0.5) is 0 Å². The molecule has 0 atom stereocenters. The van der Waals surface area contributed by atoms with E-state index in [1.54, 1.807) is 0 Å². The molecule has 3 N–H and O–H groups in total. The van der Waals surface area contributed by atoms with E-state index in [1.807, 2.05) is 19.0 Å². The summed E-state index contributed by atoms with van der Waals surface area (Å²) in [5.74, 6) is -0.789. The van der Waals surface area contributed by atoms with Gasteiger partial charge in [0.15, 0.2) is 0 Å². The van der Waals surface area contributed by atoms with Crippen LogP contribution < -0.4 is 5.73 Å². The van der Waals surface area contributed by atoms with Gasteiger partial charge in [0, 0.05) is 19.6 Å². The first-order valence-corrected chi connectivity index (χ1v) is 4.85. The fourth-order valence-electron chi connectivity index (χ4n) is 1.25. The van der Waals surface area contributed by atoms with Gasteiger partial charge in [-0.2, -0.15) is 0 Å². The molecule has 84 valence electrons. The molecule has 0 aliphatic carbocycles. The van der Waals surface area contributed by atoms with Gasteiger partial charge in [-0.05, 0) is 27.1 Å². The van der Waals surface area contributed by atoms with Gasteiger partial charge < -0.3 is 15.7 Å². The number of rotatable bonds is 8. The first-order valence-electron chi connectivity index (χ1n) is 4.85. The lowest BCUT2D eigenvalue weighted by Gasteiger charge is -2.20. The Morgan fingerprint density at radius 3 is 2.36 bits per heavy atom. The molecular weight excluding hydrogens is 182 g/mol. The minimum Gasteiger partial charge on any atom is -0.480 e. The topological polar surface area (TPSA) is 69.8 Å². The Morgan fingerprint density at radius 1 is 1.29 bits per heavy atom. The van der Waals surface area contributed by atoms with Crippen LogP contribution in [-0.2, 0) is 4.79 Å². The Bertz CT molecular complexity index is 162. The number of hydrogen-bond acceptors (Lipinski definition) is 4. The van der Waals surface area contributed by atoms with Crippen molar-refractivity contribution in [1.82, 2.24) is 9.80 Å². The van der Waals surface area contributed by atoms with Gasteiger partial charge in [-0.15, -0.1) is 0 Å². The molecule has 0 spiro atoms. The summed E-state index contributed by atoms with van der Waals surface area (Å²) in [6.07, 6.45) is 0.972. The Balaban J connectivity index is 3.67. The summed E-state index contributed by atoms with van der Waals surface area (Å²) in [6.45, 7) is 3.02. The maximum absolute atomic E-state index is 10.5. The minimum absolute atomic E-state index is 0.0879. The van der Waals surface area contributed by atoms with E-state index < -0.39 is 5.97 Å². The predicted molar refractivity (Wildman–Crippen MR) is 56.3 cm³/mol. The Labute approximate surface area is 85.5 Å². The maximum Gasteiger partial charge on any atom is 0.317 e. The number of nitrogens with zero attached hydrogens (tertiary/aromatic N) is 2. The van der Waals surface area contributed by atoms with E-state index in [-0.39, 0.29) is 6.54 Å². The molecule has 0 aliphatic rings. The summed E-state index contributed by atoms with van der Waals surface area (Å²) in [4.78, 5) is 14.4. The third-order valence-electron chi connectivity index (χ3n) is 1.88. The third-order valence-corrected chi connectivity index (χ3v) is 1.88. The monoisotopic (exact) mass is 203 g/mol. The molecule has 0 saturated heterocycles. The van der Waals surface area contributed by atoms with E-state index in [4.69, 9.17) is 10.8 Å². The third kappa shape index (κ3) is 7.97. The van der Waals surface area contributed by atoms with Crippen molar-refractivity contribution in [3.8, 4) is 0 Å². The van der Waals surface area contributed by atoms with Crippen LogP contribution in [0.25, 0.3) is 0 Å². The second-order valence-corrected chi connectivity index (χ2v) is 3.62. The largest absolute Gasteiger partial charge is 0.480 e. The van der Waals surface area contributed by atoms with Gasteiger partial charge in [0.25, 0.3) is 0 Å². The Morgan fingerprint density at radius 2 is 1.93 bits per heavy atom. The summed E-state index contributed by atoms with van der Waals surface area (Å²) in [5, 5.41) is 8.63. The second kappa shape index (κ2) is 7.73. The average molecular weight is 203 g/mol. The molecule has 0 amide bonds. The van der Waals surface area contributed by atoms with Gasteiger partial charge >= 0.3 is 5.97 Å². The van der Waals surface area contributed by atoms with Crippen LogP contribution in [0.15, 0.2) is 0 Å². The normalized spacial score (nSPS) is 11.2. The molecule has 0 radical (unpaired) electrons. The first-order chi connectivity index (χ1) is 6.56. The van der Waals surface area contributed by atoms with Crippen LogP contribution in [0.2, 0.25) is 0 Å². The molecule has 14 heavy (non-hydrogen) atoms. The van der Waals surface area contributed by atoms with E-state index >= 15 is 0 Å². The predicted octanol–water partition coefficient (Wildman–Crippen LogP) is -0.717. The quantitative estimate of drug-likeness (QED) is 0.545. The van der Waals surface area contributed by atoms with Crippen molar-refractivity contribution in [2.24, 2.45) is 5.73 Å². The highest BCUT2D eigenvalue weighted by Gasteiger charge is 2.07. The summed E-state index contributed by atoms with van der Waals surface area (Å²) in [7, 11) is 4.01. The molecule has 5 heteroatoms. The van der Waals surface area contributed by atoms with Gasteiger partial charge in [-0.25, -0.2) is 0 Å². The zero-order valence-electron chi connectivity index (χ0n) is 9.07. The molecule has 0 heterocycles. The first kappa shape index (κ1) is 13.4. The lowest BCUT2D eigenvalue weighted by atomic mass is 10.3. The smallest absolute Gasteiger partial charge is 0.317 e. The van der Waals surface area contributed by atoms with Crippen LogP contribution in [0.1, 0.15) is 6.42 Å². The van der Waals surface area contributed by atoms with Gasteiger partial charge in [0.05, 0.1) is 6.54 Å². The van der Waals surface area contributed by atoms with Crippen LogP contribution >= 0.6 is 0 Å². The van der Waals surface area contributed by atoms with Crippen LogP contribution in [0, 0.1) is 0 Å². The van der Waals surface area contributed by atoms with Crippen molar-refractivity contribution in [2.45, 2.75) is 6.42 Å². The number of nitrogens with two attached hydrogens (primary N) is 1. The van der Waals surface area contributed by atoms with Gasteiger partial charge in [-0.3, -0.25) is 9.69 Å². The van der Waals surface area contributed by atoms with E-state index in [0.717, 1.165) is 19.5 Å². The second-order valence-electron chi connectivity index (χ2n) is 3.62. The SMILES string of the molecule is CN(C)CCCN(CCN)CC(=O)O. The maximum atomic E-state index is 10.5. The van der Waals surface area contributed by atoms with E-state index in [2.05, 4.69) is 4.90 Å². The van der Waals surface area contributed by atoms with E-state index in [0.29, 0.717) is 13.1 Å². The fourth-order valence-corrected chi connectivity index (χ4v) is 1.25. The zero-order chi connectivity index (χ0) is 11.0. The number of carbonyl (C=O) groups is 1. The van der Waals surface area contributed by atoms with E-state index in [9.17, 15) is 4.79 Å². The van der Waals surface area contributed by atoms with Crippen molar-refractivity contribution < 1.29 is 9.90 Å². The Kier molecular flexibility index (Phi) is 7.37. The summed E-state index contributed by atoms with van der Waals surface area (Å²) < 4.78 is 0. The standard InChI is InChI=1S/C9H21N3O2/c1-11(2)5-3-6-12(7-4-10)8-9(13)14/h3-8,10H2,1-2H3,(H,13,14). The summed E-state index contributed by atoms with van der Waals surface area (Å²) in [5.41, 5.74) is 5.39. The van der Waals surface area contributed by atoms with Crippen LogP contribution in [-0.4, -0.2) is 67.7 Å². The Hall–Kier alpha value is -0.650. The number of aliphatic carboxylic acids is 1. The van der Waals surface area contributed by atoms with Crippen molar-refractivity contribution >= 4 is 5.97 Å². The molecule has 0 aromatic carbocycles.